The normalized spacial score (nSPS) is 13.1. The van der Waals surface area contributed by atoms with Gasteiger partial charge in [0.2, 0.25) is 0 Å². The van der Waals surface area contributed by atoms with E-state index in [-0.39, 0.29) is 10.8 Å². The summed E-state index contributed by atoms with van der Waals surface area (Å²) in [4.78, 5) is 2.51. The van der Waals surface area contributed by atoms with Crippen LogP contribution >= 0.6 is 0 Å². The van der Waals surface area contributed by atoms with Crippen LogP contribution in [0, 0.1) is 0 Å². The van der Waals surface area contributed by atoms with Gasteiger partial charge in [0.15, 0.2) is 0 Å². The van der Waals surface area contributed by atoms with Crippen molar-refractivity contribution in [3.05, 3.63) is 246 Å². The van der Waals surface area contributed by atoms with Gasteiger partial charge in [-0.25, -0.2) is 0 Å². The van der Waals surface area contributed by atoms with Gasteiger partial charge in [-0.2, -0.15) is 0 Å². The van der Waals surface area contributed by atoms with Crippen molar-refractivity contribution in [2.75, 3.05) is 4.90 Å². The molecule has 9 aromatic carbocycles. The first-order valence-electron chi connectivity index (χ1n) is 22.0. The molecular formula is C61H53N. The van der Waals surface area contributed by atoms with Gasteiger partial charge >= 0.3 is 0 Å². The average molecular weight is 800 g/mol. The van der Waals surface area contributed by atoms with Crippen LogP contribution in [0.2, 0.25) is 0 Å². The van der Waals surface area contributed by atoms with E-state index in [1.165, 1.54) is 77.5 Å². The number of benzene rings is 9. The predicted octanol–water partition coefficient (Wildman–Crippen LogP) is 16.6. The first kappa shape index (κ1) is 39.2. The zero-order valence-corrected chi connectivity index (χ0v) is 36.7. The van der Waals surface area contributed by atoms with Gasteiger partial charge in [-0.05, 0) is 102 Å². The van der Waals surface area contributed by atoms with E-state index in [9.17, 15) is 0 Å². The molecule has 10 rings (SSSR count). The second kappa shape index (κ2) is 15.2. The van der Waals surface area contributed by atoms with Crippen LogP contribution in [-0.4, -0.2) is 0 Å². The number of fused-ring (bicyclic) bond motifs is 4. The van der Waals surface area contributed by atoms with Crippen LogP contribution in [-0.2, 0) is 16.2 Å². The molecule has 0 unspecified atom stereocenters. The highest BCUT2D eigenvalue weighted by molar-refractivity contribution is 6.09. The lowest BCUT2D eigenvalue weighted by molar-refractivity contribution is 0.569. The summed E-state index contributed by atoms with van der Waals surface area (Å²) >= 11 is 0. The summed E-state index contributed by atoms with van der Waals surface area (Å²) in [6.45, 7) is 13.9. The number of nitrogens with zero attached hydrogens (tertiary/aromatic N) is 1. The smallest absolute Gasteiger partial charge is 0.0714 e. The summed E-state index contributed by atoms with van der Waals surface area (Å²) < 4.78 is 0. The molecule has 0 fully saturated rings. The first-order chi connectivity index (χ1) is 30.0. The van der Waals surface area contributed by atoms with E-state index in [2.05, 4.69) is 259 Å². The Morgan fingerprint density at radius 2 is 0.839 bits per heavy atom. The molecule has 0 aromatic heterocycles. The van der Waals surface area contributed by atoms with Crippen LogP contribution in [0.5, 0.6) is 0 Å². The standard InChI is InChI=1S/C61H53N/c1-59(2,3)46-39-43(40-47(41-46)60(4,5)6)49-33-20-23-42-24-21-34-51(57(42)49)50-31-17-19-37-55(50)62(48-29-14-9-15-30-48)56-38-22-36-54-58(56)52-32-16-18-35-53(52)61(54,44-25-10-7-11-26-44)45-27-12-8-13-28-45/h7-41H,1-6H3. The summed E-state index contributed by atoms with van der Waals surface area (Å²) in [5.74, 6) is 0. The van der Waals surface area contributed by atoms with Crippen molar-refractivity contribution in [2.24, 2.45) is 0 Å². The zero-order chi connectivity index (χ0) is 42.6. The number of hydrogen-bond donors (Lipinski definition) is 0. The lowest BCUT2D eigenvalue weighted by Gasteiger charge is -2.34. The minimum atomic E-state index is -0.510. The summed E-state index contributed by atoms with van der Waals surface area (Å²) in [5, 5.41) is 2.49. The molecule has 1 heteroatoms. The summed E-state index contributed by atoms with van der Waals surface area (Å²) in [5.41, 5.74) is 18.1. The molecule has 0 saturated carbocycles. The van der Waals surface area contributed by atoms with Crippen LogP contribution in [0.4, 0.5) is 17.1 Å². The van der Waals surface area contributed by atoms with Gasteiger partial charge in [0.1, 0.15) is 0 Å². The number of hydrogen-bond acceptors (Lipinski definition) is 1. The molecule has 9 aromatic rings. The quantitative estimate of drug-likeness (QED) is 0.155. The summed E-state index contributed by atoms with van der Waals surface area (Å²) in [6.07, 6.45) is 0. The fourth-order valence-electron chi connectivity index (χ4n) is 10.00. The van der Waals surface area contributed by atoms with E-state index < -0.39 is 5.41 Å². The van der Waals surface area contributed by atoms with Gasteiger partial charge in [0, 0.05) is 16.8 Å². The van der Waals surface area contributed by atoms with Gasteiger partial charge in [-0.15, -0.1) is 0 Å². The highest BCUT2D eigenvalue weighted by Crippen LogP contribution is 2.60. The molecule has 0 atom stereocenters. The minimum absolute atomic E-state index is 0.000616. The van der Waals surface area contributed by atoms with Crippen molar-refractivity contribution >= 4 is 27.8 Å². The average Bonchev–Trinajstić information content (AvgIpc) is 3.61. The highest BCUT2D eigenvalue weighted by atomic mass is 15.1. The van der Waals surface area contributed by atoms with Crippen molar-refractivity contribution in [3.63, 3.8) is 0 Å². The molecule has 1 nitrogen and oxygen atoms in total. The molecule has 1 aliphatic carbocycles. The third-order valence-electron chi connectivity index (χ3n) is 13.0. The predicted molar refractivity (Wildman–Crippen MR) is 264 cm³/mol. The van der Waals surface area contributed by atoms with Crippen molar-refractivity contribution in [3.8, 4) is 33.4 Å². The maximum absolute atomic E-state index is 2.51. The molecule has 1 aliphatic rings. The van der Waals surface area contributed by atoms with Crippen molar-refractivity contribution in [2.45, 2.75) is 57.8 Å². The lowest BCUT2D eigenvalue weighted by Crippen LogP contribution is -2.28. The van der Waals surface area contributed by atoms with E-state index in [1.807, 2.05) is 0 Å². The van der Waals surface area contributed by atoms with Gasteiger partial charge in [0.25, 0.3) is 0 Å². The Morgan fingerprint density at radius 3 is 1.45 bits per heavy atom. The Balaban J connectivity index is 1.26. The third-order valence-corrected chi connectivity index (χ3v) is 13.0. The number of anilines is 3. The molecule has 302 valence electrons. The summed E-state index contributed by atoms with van der Waals surface area (Å²) in [7, 11) is 0. The molecule has 0 spiro atoms. The van der Waals surface area contributed by atoms with Crippen LogP contribution in [0.1, 0.15) is 74.9 Å². The Kier molecular flexibility index (Phi) is 9.60. The largest absolute Gasteiger partial charge is 0.309 e. The van der Waals surface area contributed by atoms with Gasteiger partial charge in [0.05, 0.1) is 16.8 Å². The fourth-order valence-corrected chi connectivity index (χ4v) is 10.00. The maximum Gasteiger partial charge on any atom is 0.0714 e. The van der Waals surface area contributed by atoms with Crippen molar-refractivity contribution in [1.29, 1.82) is 0 Å². The Morgan fingerprint density at radius 1 is 0.371 bits per heavy atom. The zero-order valence-electron chi connectivity index (χ0n) is 36.7. The topological polar surface area (TPSA) is 3.24 Å². The van der Waals surface area contributed by atoms with Gasteiger partial charge < -0.3 is 4.90 Å². The lowest BCUT2D eigenvalue weighted by atomic mass is 9.68. The van der Waals surface area contributed by atoms with Gasteiger partial charge in [-0.3, -0.25) is 0 Å². The second-order valence-electron chi connectivity index (χ2n) is 18.9. The van der Waals surface area contributed by atoms with E-state index in [4.69, 9.17) is 0 Å². The van der Waals surface area contributed by atoms with Crippen LogP contribution in [0.3, 0.4) is 0 Å². The Hall–Kier alpha value is -6.96. The molecule has 0 amide bonds. The van der Waals surface area contributed by atoms with E-state index in [0.29, 0.717) is 0 Å². The Labute approximate surface area is 368 Å². The number of rotatable bonds is 7. The van der Waals surface area contributed by atoms with Crippen molar-refractivity contribution in [1.82, 2.24) is 0 Å². The molecule has 62 heavy (non-hydrogen) atoms. The minimum Gasteiger partial charge on any atom is -0.309 e. The number of para-hydroxylation sites is 2. The highest BCUT2D eigenvalue weighted by Gasteiger charge is 2.47. The fraction of sp³-hybridized carbons (Fsp3) is 0.148. The van der Waals surface area contributed by atoms with Crippen molar-refractivity contribution < 1.29 is 0 Å². The van der Waals surface area contributed by atoms with E-state index >= 15 is 0 Å². The summed E-state index contributed by atoms with van der Waals surface area (Å²) in [6, 6.07) is 79.1. The van der Waals surface area contributed by atoms with E-state index in [0.717, 1.165) is 17.1 Å². The monoisotopic (exact) mass is 799 g/mol. The first-order valence-corrected chi connectivity index (χ1v) is 22.0. The molecule has 0 heterocycles. The molecular weight excluding hydrogens is 747 g/mol. The van der Waals surface area contributed by atoms with Gasteiger partial charge in [-0.1, -0.05) is 230 Å². The molecule has 0 aliphatic heterocycles. The third kappa shape index (κ3) is 6.47. The van der Waals surface area contributed by atoms with E-state index in [1.54, 1.807) is 0 Å². The molecule has 0 bridgehead atoms. The van der Waals surface area contributed by atoms with Crippen LogP contribution in [0.15, 0.2) is 212 Å². The van der Waals surface area contributed by atoms with Crippen LogP contribution < -0.4 is 4.90 Å². The second-order valence-corrected chi connectivity index (χ2v) is 18.9. The Bertz CT molecular complexity index is 3000. The molecule has 0 saturated heterocycles. The maximum atomic E-state index is 2.51. The molecule has 0 N–H and O–H groups in total. The molecule has 0 radical (unpaired) electrons. The van der Waals surface area contributed by atoms with Crippen LogP contribution in [0.25, 0.3) is 44.2 Å². The SMILES string of the molecule is CC(C)(C)c1cc(-c2cccc3cccc(-c4ccccc4N(c4ccccc4)c4cccc5c4-c4ccccc4C5(c4ccccc4)c4ccccc4)c23)cc(C(C)(C)C)c1.